The number of pyridine rings is 1. The summed E-state index contributed by atoms with van der Waals surface area (Å²) in [4.78, 5) is 16.4. The number of nitrogens with one attached hydrogen (secondary N) is 1. The third-order valence-electron chi connectivity index (χ3n) is 4.30. The second-order valence-corrected chi connectivity index (χ2v) is 7.96. The summed E-state index contributed by atoms with van der Waals surface area (Å²) in [6.07, 6.45) is 5.83. The summed E-state index contributed by atoms with van der Waals surface area (Å²) in [5, 5.41) is 2.72. The van der Waals surface area contributed by atoms with Crippen molar-refractivity contribution in [3.8, 4) is 5.75 Å². The average molecular weight is 375 g/mol. The van der Waals surface area contributed by atoms with E-state index in [1.807, 2.05) is 0 Å². The molecule has 0 saturated carbocycles. The Kier molecular flexibility index (Phi) is 5.53. The predicted octanol–water partition coefficient (Wildman–Crippen LogP) is 2.52. The van der Waals surface area contributed by atoms with Gasteiger partial charge in [0, 0.05) is 31.5 Å². The molecule has 0 unspecified atom stereocenters. The van der Waals surface area contributed by atoms with E-state index >= 15 is 0 Å². The van der Waals surface area contributed by atoms with Gasteiger partial charge in [-0.1, -0.05) is 6.42 Å². The number of rotatable bonds is 5. The van der Waals surface area contributed by atoms with Gasteiger partial charge < -0.3 is 10.1 Å². The first-order chi connectivity index (χ1) is 12.5. The van der Waals surface area contributed by atoms with Crippen LogP contribution in [-0.4, -0.2) is 43.8 Å². The van der Waals surface area contributed by atoms with Gasteiger partial charge in [0.1, 0.15) is 5.75 Å². The van der Waals surface area contributed by atoms with Crippen LogP contribution in [0.2, 0.25) is 0 Å². The van der Waals surface area contributed by atoms with E-state index in [0.29, 0.717) is 30.1 Å². The minimum atomic E-state index is -3.56. The van der Waals surface area contributed by atoms with Crippen molar-refractivity contribution in [3.63, 3.8) is 0 Å². The maximum atomic E-state index is 12.8. The van der Waals surface area contributed by atoms with Crippen molar-refractivity contribution >= 4 is 21.6 Å². The van der Waals surface area contributed by atoms with Crippen LogP contribution in [0.1, 0.15) is 29.6 Å². The first-order valence-electron chi connectivity index (χ1n) is 8.42. The lowest BCUT2D eigenvalue weighted by Crippen LogP contribution is -2.35. The highest BCUT2D eigenvalue weighted by Gasteiger charge is 2.27. The van der Waals surface area contributed by atoms with E-state index in [2.05, 4.69) is 10.3 Å². The topological polar surface area (TPSA) is 88.6 Å². The first kappa shape index (κ1) is 18.3. The molecule has 1 aromatic heterocycles. The Morgan fingerprint density at radius 2 is 1.96 bits per heavy atom. The molecule has 1 aromatic carbocycles. The molecule has 1 amide bonds. The number of carbonyl (C=O) groups is 1. The third-order valence-corrected chi connectivity index (χ3v) is 6.19. The van der Waals surface area contributed by atoms with Crippen LogP contribution in [0.25, 0.3) is 0 Å². The molecule has 0 aliphatic carbocycles. The van der Waals surface area contributed by atoms with Crippen molar-refractivity contribution in [2.45, 2.75) is 24.2 Å². The summed E-state index contributed by atoms with van der Waals surface area (Å²) in [6, 6.07) is 7.79. The van der Waals surface area contributed by atoms with Gasteiger partial charge >= 0.3 is 0 Å². The van der Waals surface area contributed by atoms with Crippen molar-refractivity contribution in [1.29, 1.82) is 0 Å². The van der Waals surface area contributed by atoms with E-state index in [0.717, 1.165) is 19.3 Å². The zero-order chi connectivity index (χ0) is 18.6. The molecule has 7 nitrogen and oxygen atoms in total. The highest BCUT2D eigenvalue weighted by atomic mass is 32.2. The molecule has 26 heavy (non-hydrogen) atoms. The van der Waals surface area contributed by atoms with Crippen LogP contribution in [0, 0.1) is 0 Å². The Morgan fingerprint density at radius 3 is 2.62 bits per heavy atom. The maximum Gasteiger partial charge on any atom is 0.257 e. The quantitative estimate of drug-likeness (QED) is 0.867. The van der Waals surface area contributed by atoms with Gasteiger partial charge in [-0.25, -0.2) is 8.42 Å². The van der Waals surface area contributed by atoms with Gasteiger partial charge in [0.2, 0.25) is 10.0 Å². The van der Waals surface area contributed by atoms with Crippen LogP contribution >= 0.6 is 0 Å². The van der Waals surface area contributed by atoms with Crippen molar-refractivity contribution in [2.75, 3.05) is 25.5 Å². The number of hydrogen-bond acceptors (Lipinski definition) is 5. The van der Waals surface area contributed by atoms with E-state index in [1.165, 1.54) is 29.7 Å². The number of amides is 1. The minimum absolute atomic E-state index is 0.163. The molecule has 2 heterocycles. The van der Waals surface area contributed by atoms with Crippen molar-refractivity contribution < 1.29 is 17.9 Å². The zero-order valence-corrected chi connectivity index (χ0v) is 15.3. The molecule has 1 aliphatic heterocycles. The highest BCUT2D eigenvalue weighted by Crippen LogP contribution is 2.30. The summed E-state index contributed by atoms with van der Waals surface area (Å²) < 4.78 is 32.4. The number of piperidine rings is 1. The summed E-state index contributed by atoms with van der Waals surface area (Å²) in [6.45, 7) is 1.06. The Morgan fingerprint density at radius 1 is 1.19 bits per heavy atom. The van der Waals surface area contributed by atoms with Gasteiger partial charge in [0.05, 0.1) is 23.3 Å². The molecule has 8 heteroatoms. The van der Waals surface area contributed by atoms with Gasteiger partial charge in [-0.2, -0.15) is 4.31 Å². The molecule has 3 rings (SSSR count). The Labute approximate surface area is 153 Å². The molecule has 2 aromatic rings. The molecular formula is C18H21N3O4S. The lowest BCUT2D eigenvalue weighted by atomic mass is 10.2. The van der Waals surface area contributed by atoms with Crippen molar-refractivity contribution in [3.05, 3.63) is 48.3 Å². The molecule has 0 atom stereocenters. The van der Waals surface area contributed by atoms with E-state index in [-0.39, 0.29) is 10.8 Å². The molecule has 0 radical (unpaired) electrons. The van der Waals surface area contributed by atoms with Gasteiger partial charge in [-0.3, -0.25) is 9.78 Å². The van der Waals surface area contributed by atoms with Crippen LogP contribution in [-0.2, 0) is 10.0 Å². The van der Waals surface area contributed by atoms with E-state index in [1.54, 1.807) is 24.4 Å². The summed E-state index contributed by atoms with van der Waals surface area (Å²) >= 11 is 0. The number of anilines is 1. The van der Waals surface area contributed by atoms with Gasteiger partial charge in [0.15, 0.2) is 0 Å². The molecule has 1 aliphatic rings. The van der Waals surface area contributed by atoms with Crippen LogP contribution in [0.4, 0.5) is 5.69 Å². The SMILES string of the molecule is COc1cc(S(=O)(=O)N2CCCCC2)ccc1NC(=O)c1cccnc1. The fourth-order valence-corrected chi connectivity index (χ4v) is 4.41. The molecule has 138 valence electrons. The Hall–Kier alpha value is -2.45. The van der Waals surface area contributed by atoms with Gasteiger partial charge in [-0.15, -0.1) is 0 Å². The molecule has 1 fully saturated rings. The number of aromatic nitrogens is 1. The average Bonchev–Trinajstić information content (AvgIpc) is 2.69. The van der Waals surface area contributed by atoms with E-state index < -0.39 is 10.0 Å². The second kappa shape index (κ2) is 7.84. The predicted molar refractivity (Wildman–Crippen MR) is 97.8 cm³/mol. The number of carbonyl (C=O) groups excluding carboxylic acids is 1. The molecule has 0 spiro atoms. The fraction of sp³-hybridized carbons (Fsp3) is 0.333. The van der Waals surface area contributed by atoms with Crippen LogP contribution in [0.15, 0.2) is 47.6 Å². The second-order valence-electron chi connectivity index (χ2n) is 6.02. The van der Waals surface area contributed by atoms with E-state index in [9.17, 15) is 13.2 Å². The zero-order valence-electron chi connectivity index (χ0n) is 14.5. The molecule has 0 bridgehead atoms. The van der Waals surface area contributed by atoms with Crippen molar-refractivity contribution in [1.82, 2.24) is 9.29 Å². The van der Waals surface area contributed by atoms with Crippen LogP contribution < -0.4 is 10.1 Å². The largest absolute Gasteiger partial charge is 0.495 e. The smallest absolute Gasteiger partial charge is 0.257 e. The molecule has 1 N–H and O–H groups in total. The number of sulfonamides is 1. The number of hydrogen-bond donors (Lipinski definition) is 1. The monoisotopic (exact) mass is 375 g/mol. The summed E-state index contributed by atoms with van der Waals surface area (Å²) in [5.74, 6) is -0.0524. The standard InChI is InChI=1S/C18H21N3O4S/c1-25-17-12-15(26(23,24)21-10-3-2-4-11-21)7-8-16(17)20-18(22)14-6-5-9-19-13-14/h5-9,12-13H,2-4,10-11H2,1H3,(H,20,22). The lowest BCUT2D eigenvalue weighted by molar-refractivity contribution is 0.102. The number of benzene rings is 1. The van der Waals surface area contributed by atoms with E-state index in [4.69, 9.17) is 4.74 Å². The lowest BCUT2D eigenvalue weighted by Gasteiger charge is -2.26. The Bertz CT molecular complexity index is 879. The number of nitrogens with zero attached hydrogens (tertiary/aromatic N) is 2. The molecule has 1 saturated heterocycles. The Balaban J connectivity index is 1.85. The number of ether oxygens (including phenoxy) is 1. The first-order valence-corrected chi connectivity index (χ1v) is 9.86. The van der Waals surface area contributed by atoms with Crippen LogP contribution in [0.3, 0.4) is 0 Å². The van der Waals surface area contributed by atoms with Gasteiger partial charge in [-0.05, 0) is 37.1 Å². The summed E-state index contributed by atoms with van der Waals surface area (Å²) in [7, 11) is -2.12. The summed E-state index contributed by atoms with van der Waals surface area (Å²) in [5.41, 5.74) is 0.804. The molecular weight excluding hydrogens is 354 g/mol. The fourth-order valence-electron chi connectivity index (χ4n) is 2.88. The highest BCUT2D eigenvalue weighted by molar-refractivity contribution is 7.89. The maximum absolute atomic E-state index is 12.8. The van der Waals surface area contributed by atoms with Crippen molar-refractivity contribution in [2.24, 2.45) is 0 Å². The van der Waals surface area contributed by atoms with Crippen LogP contribution in [0.5, 0.6) is 5.75 Å². The number of methoxy groups -OCH3 is 1. The minimum Gasteiger partial charge on any atom is -0.495 e. The third kappa shape index (κ3) is 3.86. The normalized spacial score (nSPS) is 15.4. The van der Waals surface area contributed by atoms with Gasteiger partial charge in [0.25, 0.3) is 5.91 Å².